The van der Waals surface area contributed by atoms with E-state index in [0.717, 1.165) is 12.2 Å². The Balaban J connectivity index is 1.52. The summed E-state index contributed by atoms with van der Waals surface area (Å²) < 4.78 is 8.94. The Labute approximate surface area is 150 Å². The van der Waals surface area contributed by atoms with Gasteiger partial charge in [-0.25, -0.2) is 9.78 Å². The molecule has 8 nitrogen and oxygen atoms in total. The summed E-state index contributed by atoms with van der Waals surface area (Å²) in [6.45, 7) is 2.14. The molecule has 8 heteroatoms. The van der Waals surface area contributed by atoms with Gasteiger partial charge in [0.1, 0.15) is 5.69 Å². The third-order valence-electron chi connectivity index (χ3n) is 5.18. The molecule has 1 N–H and O–H groups in total. The number of carbonyl (C=O) groups is 1. The molecule has 4 rings (SSSR count). The van der Waals surface area contributed by atoms with Crippen molar-refractivity contribution in [3.05, 3.63) is 48.9 Å². The number of hydrogen-bond acceptors (Lipinski definition) is 5. The maximum atomic E-state index is 12.1. The number of carboxylic acids is 1. The number of likely N-dealkylation sites (tertiary alicyclic amines) is 1. The summed E-state index contributed by atoms with van der Waals surface area (Å²) >= 11 is 0. The topological polar surface area (TPSA) is 89.3 Å². The van der Waals surface area contributed by atoms with E-state index in [9.17, 15) is 9.90 Å². The van der Waals surface area contributed by atoms with Gasteiger partial charge in [-0.1, -0.05) is 0 Å². The Morgan fingerprint density at radius 1 is 1.35 bits per heavy atom. The van der Waals surface area contributed by atoms with Gasteiger partial charge in [0, 0.05) is 39.1 Å². The van der Waals surface area contributed by atoms with Crippen LogP contribution in [0.3, 0.4) is 0 Å². The summed E-state index contributed by atoms with van der Waals surface area (Å²) in [4.78, 5) is 18.5. The molecule has 0 saturated carbocycles. The van der Waals surface area contributed by atoms with Gasteiger partial charge >= 0.3 is 5.97 Å². The van der Waals surface area contributed by atoms with Gasteiger partial charge in [0.15, 0.2) is 11.3 Å². The molecule has 0 atom stereocenters. The van der Waals surface area contributed by atoms with Crippen LogP contribution in [-0.4, -0.2) is 48.4 Å². The van der Waals surface area contributed by atoms with Crippen LogP contribution in [0.4, 0.5) is 0 Å². The van der Waals surface area contributed by atoms with Crippen LogP contribution in [0.2, 0.25) is 0 Å². The molecule has 4 heterocycles. The first-order chi connectivity index (χ1) is 12.6. The van der Waals surface area contributed by atoms with E-state index in [4.69, 9.17) is 4.42 Å². The largest absolute Gasteiger partial charge is 0.479 e. The Morgan fingerprint density at radius 2 is 2.15 bits per heavy atom. The fraction of sp³-hybridized carbons (Fsp3) is 0.389. The molecular formula is C18H21N5O3. The van der Waals surface area contributed by atoms with Crippen molar-refractivity contribution < 1.29 is 14.3 Å². The highest BCUT2D eigenvalue weighted by atomic mass is 16.4. The highest BCUT2D eigenvalue weighted by Crippen LogP contribution is 2.32. The van der Waals surface area contributed by atoms with Crippen molar-refractivity contribution in [2.45, 2.75) is 24.9 Å². The summed E-state index contributed by atoms with van der Waals surface area (Å²) in [5, 5.41) is 14.4. The molecule has 1 aliphatic rings. The fourth-order valence-electron chi connectivity index (χ4n) is 3.51. The highest BCUT2D eigenvalue weighted by Gasteiger charge is 2.44. The zero-order chi connectivity index (χ0) is 18.1. The van der Waals surface area contributed by atoms with Crippen molar-refractivity contribution in [2.75, 3.05) is 13.1 Å². The van der Waals surface area contributed by atoms with Gasteiger partial charge in [-0.3, -0.25) is 9.58 Å². The average Bonchev–Trinajstić information content (AvgIpc) is 3.37. The number of rotatable bonds is 5. The third-order valence-corrected chi connectivity index (χ3v) is 5.18. The molecule has 0 spiro atoms. The van der Waals surface area contributed by atoms with Gasteiger partial charge < -0.3 is 14.1 Å². The van der Waals surface area contributed by atoms with E-state index < -0.39 is 11.5 Å². The number of furan rings is 1. The molecule has 0 aromatic carbocycles. The monoisotopic (exact) mass is 355 g/mol. The van der Waals surface area contributed by atoms with Crippen molar-refractivity contribution in [1.29, 1.82) is 0 Å². The maximum Gasteiger partial charge on any atom is 0.331 e. The molecule has 1 saturated heterocycles. The minimum atomic E-state index is -1.02. The highest BCUT2D eigenvalue weighted by molar-refractivity contribution is 5.77. The van der Waals surface area contributed by atoms with Crippen molar-refractivity contribution in [3.8, 4) is 11.5 Å². The lowest BCUT2D eigenvalue weighted by atomic mass is 9.87. The molecule has 3 aromatic heterocycles. The number of imidazole rings is 1. The molecular weight excluding hydrogens is 334 g/mol. The summed E-state index contributed by atoms with van der Waals surface area (Å²) in [6, 6.07) is 5.40. The van der Waals surface area contributed by atoms with Crippen LogP contribution in [-0.2, 0) is 23.9 Å². The Kier molecular flexibility index (Phi) is 4.12. The summed E-state index contributed by atoms with van der Waals surface area (Å²) in [7, 11) is 1.97. The lowest BCUT2D eigenvalue weighted by molar-refractivity contribution is -0.151. The van der Waals surface area contributed by atoms with Gasteiger partial charge in [0.25, 0.3) is 0 Å². The van der Waals surface area contributed by atoms with Crippen molar-refractivity contribution >= 4 is 5.97 Å². The van der Waals surface area contributed by atoms with Crippen molar-refractivity contribution in [3.63, 3.8) is 0 Å². The molecule has 0 bridgehead atoms. The fourth-order valence-corrected chi connectivity index (χ4v) is 3.51. The molecule has 0 aliphatic carbocycles. The van der Waals surface area contributed by atoms with Gasteiger partial charge in [0.2, 0.25) is 0 Å². The molecule has 26 heavy (non-hydrogen) atoms. The minimum Gasteiger partial charge on any atom is -0.479 e. The van der Waals surface area contributed by atoms with E-state index in [1.54, 1.807) is 35.6 Å². The van der Waals surface area contributed by atoms with Crippen molar-refractivity contribution in [1.82, 2.24) is 24.2 Å². The summed E-state index contributed by atoms with van der Waals surface area (Å²) in [6.07, 6.45) is 7.95. The van der Waals surface area contributed by atoms with Crippen LogP contribution >= 0.6 is 0 Å². The van der Waals surface area contributed by atoms with Crippen LogP contribution in [0, 0.1) is 0 Å². The predicted octanol–water partition coefficient (Wildman–Crippen LogP) is 1.95. The number of aliphatic carboxylic acids is 1. The van der Waals surface area contributed by atoms with E-state index in [2.05, 4.69) is 15.0 Å². The zero-order valence-corrected chi connectivity index (χ0v) is 14.6. The molecule has 1 fully saturated rings. The molecule has 0 amide bonds. The smallest absolute Gasteiger partial charge is 0.331 e. The molecule has 3 aromatic rings. The lowest BCUT2D eigenvalue weighted by Crippen LogP contribution is -2.51. The first-order valence-electron chi connectivity index (χ1n) is 8.59. The first kappa shape index (κ1) is 16.6. The van der Waals surface area contributed by atoms with E-state index in [1.165, 1.54) is 0 Å². The van der Waals surface area contributed by atoms with Crippen LogP contribution in [0.25, 0.3) is 11.5 Å². The van der Waals surface area contributed by atoms with E-state index in [0.29, 0.717) is 37.4 Å². The Morgan fingerprint density at radius 3 is 2.77 bits per heavy atom. The first-order valence-corrected chi connectivity index (χ1v) is 8.59. The number of hydrogen-bond donors (Lipinski definition) is 1. The number of piperidine rings is 1. The minimum absolute atomic E-state index is 0.499. The zero-order valence-electron chi connectivity index (χ0n) is 14.6. The third kappa shape index (κ3) is 2.82. The predicted molar refractivity (Wildman–Crippen MR) is 93.3 cm³/mol. The number of aromatic nitrogens is 4. The van der Waals surface area contributed by atoms with E-state index >= 15 is 0 Å². The maximum absolute atomic E-state index is 12.1. The number of carboxylic acid groups (broad SMARTS) is 1. The van der Waals surface area contributed by atoms with Crippen LogP contribution in [0.1, 0.15) is 18.5 Å². The van der Waals surface area contributed by atoms with Crippen LogP contribution in [0.5, 0.6) is 0 Å². The second kappa shape index (κ2) is 6.45. The number of nitrogens with zero attached hydrogens (tertiary/aromatic N) is 5. The van der Waals surface area contributed by atoms with Crippen LogP contribution < -0.4 is 0 Å². The van der Waals surface area contributed by atoms with Crippen molar-refractivity contribution in [2.24, 2.45) is 7.05 Å². The van der Waals surface area contributed by atoms with Gasteiger partial charge in [-0.2, -0.15) is 5.10 Å². The van der Waals surface area contributed by atoms with E-state index in [1.807, 2.05) is 23.9 Å². The summed E-state index contributed by atoms with van der Waals surface area (Å²) in [5.41, 5.74) is 0.744. The van der Waals surface area contributed by atoms with E-state index in [-0.39, 0.29) is 0 Å². The lowest BCUT2D eigenvalue weighted by Gasteiger charge is -2.38. The SMILES string of the molecule is Cn1cncc1CN1CCC(C(=O)O)(n2ccc(-c3ccco3)n2)CC1. The normalized spacial score (nSPS) is 17.4. The molecule has 0 radical (unpaired) electrons. The molecule has 0 unspecified atom stereocenters. The molecule has 136 valence electrons. The van der Waals surface area contributed by atoms with Gasteiger partial charge in [-0.15, -0.1) is 0 Å². The molecule has 1 aliphatic heterocycles. The quantitative estimate of drug-likeness (QED) is 0.752. The summed E-state index contributed by atoms with van der Waals surface area (Å²) in [5.74, 6) is -0.204. The second-order valence-corrected chi connectivity index (χ2v) is 6.73. The average molecular weight is 355 g/mol. The second-order valence-electron chi connectivity index (χ2n) is 6.73. The number of aryl methyl sites for hydroxylation is 1. The standard InChI is InChI=1S/C18H21N5O3/c1-21-13-19-11-14(21)12-22-8-5-18(6-9-22,17(24)25)23-7-4-15(20-23)16-3-2-10-26-16/h2-4,7,10-11,13H,5-6,8-9,12H2,1H3,(H,24,25). The van der Waals surface area contributed by atoms with Gasteiger partial charge in [-0.05, 0) is 31.0 Å². The Hall–Kier alpha value is -2.87. The van der Waals surface area contributed by atoms with Crippen LogP contribution in [0.15, 0.2) is 47.6 Å². The Bertz CT molecular complexity index is 888. The van der Waals surface area contributed by atoms with Gasteiger partial charge in [0.05, 0.1) is 18.3 Å².